The van der Waals surface area contributed by atoms with Crippen molar-refractivity contribution < 1.29 is 0 Å². The van der Waals surface area contributed by atoms with Crippen LogP contribution < -0.4 is 0 Å². The molecule has 0 fully saturated rings. The molecule has 0 spiro atoms. The lowest BCUT2D eigenvalue weighted by Gasteiger charge is -1.94. The van der Waals surface area contributed by atoms with Gasteiger partial charge in [-0.15, -0.1) is 22.7 Å². The van der Waals surface area contributed by atoms with E-state index in [2.05, 4.69) is 40.7 Å². The molecule has 0 saturated heterocycles. The van der Waals surface area contributed by atoms with E-state index in [1.54, 1.807) is 22.7 Å². The van der Waals surface area contributed by atoms with E-state index >= 15 is 0 Å². The molecule has 3 rings (SSSR count). The van der Waals surface area contributed by atoms with Crippen molar-refractivity contribution in [2.45, 2.75) is 0 Å². The van der Waals surface area contributed by atoms with Crippen LogP contribution in [0.25, 0.3) is 20.9 Å². The van der Waals surface area contributed by atoms with Crippen molar-refractivity contribution in [1.29, 1.82) is 0 Å². The Hall–Kier alpha value is -1.45. The van der Waals surface area contributed by atoms with Gasteiger partial charge in [-0.05, 0) is 11.6 Å². The fourth-order valence-corrected chi connectivity index (χ4v) is 3.18. The van der Waals surface area contributed by atoms with Gasteiger partial charge in [-0.25, -0.2) is 0 Å². The second-order valence-corrected chi connectivity index (χ2v) is 5.23. The van der Waals surface area contributed by atoms with Crippen LogP contribution in [-0.2, 0) is 0 Å². The summed E-state index contributed by atoms with van der Waals surface area (Å²) in [5, 5.41) is 2.19. The zero-order valence-electron chi connectivity index (χ0n) is 8.46. The number of hydrogen-bond donors (Lipinski definition) is 0. The topological polar surface area (TPSA) is 12.9 Å². The van der Waals surface area contributed by atoms with Crippen LogP contribution in [0.1, 0.15) is 0 Å². The number of thiazole rings is 1. The van der Waals surface area contributed by atoms with E-state index in [-0.39, 0.29) is 0 Å². The van der Waals surface area contributed by atoms with E-state index in [1.807, 2.05) is 17.8 Å². The Bertz CT molecular complexity index is 567. The Kier molecular flexibility index (Phi) is 2.56. The second-order valence-electron chi connectivity index (χ2n) is 3.43. The number of benzene rings is 1. The summed E-state index contributed by atoms with van der Waals surface area (Å²) in [6, 6.07) is 12.7. The zero-order valence-corrected chi connectivity index (χ0v) is 10.1. The van der Waals surface area contributed by atoms with Gasteiger partial charge in [0.05, 0.1) is 10.4 Å². The van der Waals surface area contributed by atoms with E-state index in [0.717, 1.165) is 0 Å². The first-order valence-electron chi connectivity index (χ1n) is 4.96. The summed E-state index contributed by atoms with van der Waals surface area (Å²) in [5.74, 6) is 0. The minimum absolute atomic E-state index is 1.23. The fraction of sp³-hybridized carbons (Fsp3) is 0. The van der Waals surface area contributed by atoms with Crippen molar-refractivity contribution in [1.82, 2.24) is 4.98 Å². The lowest BCUT2D eigenvalue weighted by Crippen LogP contribution is -1.69. The second kappa shape index (κ2) is 4.20. The highest BCUT2D eigenvalue weighted by Gasteiger charge is 2.04. The molecule has 0 N–H and O–H groups in total. The SMILES string of the molecule is c1ccc(-c2cc(-c3cncs3)cs2)cc1. The number of nitrogens with zero attached hydrogens (tertiary/aromatic N) is 1. The Morgan fingerprint density at radius 3 is 2.50 bits per heavy atom. The van der Waals surface area contributed by atoms with Gasteiger partial charge in [-0.1, -0.05) is 30.3 Å². The molecule has 1 aromatic carbocycles. The average Bonchev–Trinajstić information content (AvgIpc) is 3.01. The molecule has 2 heterocycles. The van der Waals surface area contributed by atoms with Gasteiger partial charge in [0, 0.05) is 22.0 Å². The monoisotopic (exact) mass is 243 g/mol. The number of hydrogen-bond acceptors (Lipinski definition) is 3. The van der Waals surface area contributed by atoms with Crippen LogP contribution in [0.4, 0.5) is 0 Å². The molecule has 0 amide bonds. The van der Waals surface area contributed by atoms with Crippen molar-refractivity contribution >= 4 is 22.7 Å². The van der Waals surface area contributed by atoms with E-state index in [9.17, 15) is 0 Å². The highest BCUT2D eigenvalue weighted by atomic mass is 32.1. The maximum atomic E-state index is 4.10. The molecular weight excluding hydrogens is 234 g/mol. The summed E-state index contributed by atoms with van der Waals surface area (Å²) in [7, 11) is 0. The summed E-state index contributed by atoms with van der Waals surface area (Å²) >= 11 is 3.46. The van der Waals surface area contributed by atoms with Crippen molar-refractivity contribution in [3.63, 3.8) is 0 Å². The fourth-order valence-electron chi connectivity index (χ4n) is 1.58. The molecule has 0 saturated carbocycles. The number of rotatable bonds is 2. The molecule has 0 unspecified atom stereocenters. The van der Waals surface area contributed by atoms with Gasteiger partial charge in [0.15, 0.2) is 0 Å². The van der Waals surface area contributed by atoms with Gasteiger partial charge in [0.1, 0.15) is 0 Å². The molecule has 0 atom stereocenters. The first kappa shape index (κ1) is 9.75. The Labute approximate surface area is 102 Å². The standard InChI is InChI=1S/C13H9NS2/c1-2-4-10(5-3-1)12-6-11(8-15-12)13-7-14-9-16-13/h1-9H. The van der Waals surface area contributed by atoms with Crippen LogP contribution >= 0.6 is 22.7 Å². The van der Waals surface area contributed by atoms with Crippen molar-refractivity contribution in [3.05, 3.63) is 53.5 Å². The van der Waals surface area contributed by atoms with Crippen LogP contribution in [0.2, 0.25) is 0 Å². The van der Waals surface area contributed by atoms with Gasteiger partial charge in [0.2, 0.25) is 0 Å². The Morgan fingerprint density at radius 1 is 0.875 bits per heavy atom. The van der Waals surface area contributed by atoms with E-state index in [0.29, 0.717) is 0 Å². The van der Waals surface area contributed by atoms with E-state index in [4.69, 9.17) is 0 Å². The molecule has 0 aliphatic carbocycles. The minimum Gasteiger partial charge on any atom is -0.252 e. The maximum Gasteiger partial charge on any atom is 0.0797 e. The molecule has 16 heavy (non-hydrogen) atoms. The highest BCUT2D eigenvalue weighted by molar-refractivity contribution is 7.15. The van der Waals surface area contributed by atoms with Gasteiger partial charge in [-0.2, -0.15) is 0 Å². The van der Waals surface area contributed by atoms with Crippen molar-refractivity contribution in [3.8, 4) is 20.9 Å². The summed E-state index contributed by atoms with van der Waals surface area (Å²) in [5.41, 5.74) is 4.42. The molecular formula is C13H9NS2. The smallest absolute Gasteiger partial charge is 0.0797 e. The summed E-state index contributed by atoms with van der Waals surface area (Å²) < 4.78 is 0. The molecule has 0 radical (unpaired) electrons. The Balaban J connectivity index is 2.00. The normalized spacial score (nSPS) is 10.5. The first-order valence-corrected chi connectivity index (χ1v) is 6.72. The first-order chi connectivity index (χ1) is 7.93. The molecule has 2 aromatic heterocycles. The molecule has 3 heteroatoms. The maximum absolute atomic E-state index is 4.10. The highest BCUT2D eigenvalue weighted by Crippen LogP contribution is 2.33. The van der Waals surface area contributed by atoms with E-state index < -0.39 is 0 Å². The van der Waals surface area contributed by atoms with Gasteiger partial charge >= 0.3 is 0 Å². The quantitative estimate of drug-likeness (QED) is 0.644. The molecule has 0 bridgehead atoms. The average molecular weight is 243 g/mol. The third-order valence-electron chi connectivity index (χ3n) is 2.37. The third kappa shape index (κ3) is 1.79. The van der Waals surface area contributed by atoms with Gasteiger partial charge in [-0.3, -0.25) is 4.98 Å². The van der Waals surface area contributed by atoms with Crippen LogP contribution in [0.5, 0.6) is 0 Å². The third-order valence-corrected chi connectivity index (χ3v) is 4.18. The molecule has 3 aromatic rings. The zero-order chi connectivity index (χ0) is 10.8. The predicted molar refractivity (Wildman–Crippen MR) is 70.9 cm³/mol. The van der Waals surface area contributed by atoms with Crippen LogP contribution in [0.15, 0.2) is 53.5 Å². The van der Waals surface area contributed by atoms with Crippen LogP contribution in [-0.4, -0.2) is 4.98 Å². The molecule has 0 aliphatic heterocycles. The van der Waals surface area contributed by atoms with Gasteiger partial charge < -0.3 is 0 Å². The molecule has 0 aliphatic rings. The molecule has 1 nitrogen and oxygen atoms in total. The van der Waals surface area contributed by atoms with Gasteiger partial charge in [0.25, 0.3) is 0 Å². The Morgan fingerprint density at radius 2 is 1.75 bits per heavy atom. The number of aromatic nitrogens is 1. The van der Waals surface area contributed by atoms with Crippen LogP contribution in [0, 0.1) is 0 Å². The molecule has 78 valence electrons. The number of thiophene rings is 1. The summed E-state index contributed by atoms with van der Waals surface area (Å²) in [6.45, 7) is 0. The minimum atomic E-state index is 1.23. The largest absolute Gasteiger partial charge is 0.252 e. The summed E-state index contributed by atoms with van der Waals surface area (Å²) in [4.78, 5) is 6.65. The van der Waals surface area contributed by atoms with Crippen molar-refractivity contribution in [2.75, 3.05) is 0 Å². The lowest BCUT2D eigenvalue weighted by atomic mass is 10.1. The van der Waals surface area contributed by atoms with Crippen molar-refractivity contribution in [2.24, 2.45) is 0 Å². The van der Waals surface area contributed by atoms with E-state index in [1.165, 1.54) is 20.9 Å². The predicted octanol–water partition coefficient (Wildman–Crippen LogP) is 4.54. The lowest BCUT2D eigenvalue weighted by molar-refractivity contribution is 1.43. The summed E-state index contributed by atoms with van der Waals surface area (Å²) in [6.07, 6.45) is 1.92. The van der Waals surface area contributed by atoms with Crippen LogP contribution in [0.3, 0.4) is 0 Å².